The third-order valence-electron chi connectivity index (χ3n) is 3.25. The molecule has 4 heteroatoms. The predicted octanol–water partition coefficient (Wildman–Crippen LogP) is 2.40. The number of hydrogen-bond acceptors (Lipinski definition) is 3. The van der Waals surface area contributed by atoms with E-state index in [1.54, 1.807) is 0 Å². The van der Waals surface area contributed by atoms with Gasteiger partial charge in [0.15, 0.2) is 0 Å². The summed E-state index contributed by atoms with van der Waals surface area (Å²) in [4.78, 5) is 11.6. The van der Waals surface area contributed by atoms with Crippen LogP contribution in [0.5, 0.6) is 0 Å². The van der Waals surface area contributed by atoms with E-state index in [9.17, 15) is 4.79 Å². The zero-order valence-corrected chi connectivity index (χ0v) is 12.6. The maximum Gasteiger partial charge on any atom is 0.407 e. The van der Waals surface area contributed by atoms with Gasteiger partial charge >= 0.3 is 6.09 Å². The zero-order valence-electron chi connectivity index (χ0n) is 12.6. The summed E-state index contributed by atoms with van der Waals surface area (Å²) in [6.07, 6.45) is 1.76. The van der Waals surface area contributed by atoms with Crippen molar-refractivity contribution < 1.29 is 9.53 Å². The Morgan fingerprint density at radius 3 is 2.65 bits per heavy atom. The third kappa shape index (κ3) is 4.53. The lowest BCUT2D eigenvalue weighted by Crippen LogP contribution is -2.32. The van der Waals surface area contributed by atoms with Gasteiger partial charge in [0.05, 0.1) is 0 Å². The Balaban J connectivity index is 1.94. The monoisotopic (exact) mass is 276 g/mol. The van der Waals surface area contributed by atoms with E-state index in [2.05, 4.69) is 28.8 Å². The van der Waals surface area contributed by atoms with Gasteiger partial charge in [-0.3, -0.25) is 0 Å². The van der Waals surface area contributed by atoms with Crippen molar-refractivity contribution in [1.82, 2.24) is 10.6 Å². The molecule has 1 heterocycles. The highest BCUT2D eigenvalue weighted by Gasteiger charge is 2.16. The van der Waals surface area contributed by atoms with Crippen molar-refractivity contribution in [3.05, 3.63) is 34.9 Å². The van der Waals surface area contributed by atoms with Crippen molar-refractivity contribution in [3.8, 4) is 0 Å². The molecule has 1 aliphatic rings. The van der Waals surface area contributed by atoms with E-state index in [0.29, 0.717) is 6.54 Å². The summed E-state index contributed by atoms with van der Waals surface area (Å²) in [7, 11) is 0. The molecule has 0 atom stereocenters. The normalized spacial score (nSPS) is 15.2. The van der Waals surface area contributed by atoms with E-state index >= 15 is 0 Å². The fraction of sp³-hybridized carbons (Fsp3) is 0.562. The number of carbonyl (C=O) groups is 1. The molecule has 1 aromatic carbocycles. The summed E-state index contributed by atoms with van der Waals surface area (Å²) >= 11 is 0. The quantitative estimate of drug-likeness (QED) is 0.872. The average molecular weight is 276 g/mol. The van der Waals surface area contributed by atoms with Gasteiger partial charge in [-0.15, -0.1) is 0 Å². The van der Waals surface area contributed by atoms with Crippen LogP contribution < -0.4 is 10.6 Å². The van der Waals surface area contributed by atoms with Crippen LogP contribution in [0, 0.1) is 0 Å². The lowest BCUT2D eigenvalue weighted by Gasteiger charge is -2.19. The molecule has 0 radical (unpaired) electrons. The Bertz CT molecular complexity index is 478. The summed E-state index contributed by atoms with van der Waals surface area (Å²) in [5.74, 6) is 0. The van der Waals surface area contributed by atoms with Crippen LogP contribution in [0.3, 0.4) is 0 Å². The van der Waals surface area contributed by atoms with E-state index in [4.69, 9.17) is 4.74 Å². The van der Waals surface area contributed by atoms with Crippen molar-refractivity contribution in [2.24, 2.45) is 0 Å². The standard InChI is InChI=1S/C16H24N2O2/c1-16(2,3)20-15(19)18-11-12-4-5-13-6-8-17-9-7-14(13)10-12/h4-5,10,17H,6-9,11H2,1-3H3,(H,18,19). The van der Waals surface area contributed by atoms with Crippen molar-refractivity contribution in [1.29, 1.82) is 0 Å². The molecule has 2 rings (SSSR count). The third-order valence-corrected chi connectivity index (χ3v) is 3.25. The first-order valence-electron chi connectivity index (χ1n) is 7.22. The fourth-order valence-electron chi connectivity index (χ4n) is 2.33. The zero-order chi connectivity index (χ0) is 14.6. The molecule has 0 bridgehead atoms. The molecule has 1 aromatic rings. The summed E-state index contributed by atoms with van der Waals surface area (Å²) < 4.78 is 5.23. The van der Waals surface area contributed by atoms with Gasteiger partial charge in [-0.05, 0) is 63.4 Å². The minimum Gasteiger partial charge on any atom is -0.444 e. The molecule has 4 nitrogen and oxygen atoms in total. The fourth-order valence-corrected chi connectivity index (χ4v) is 2.33. The van der Waals surface area contributed by atoms with Crippen LogP contribution in [0.2, 0.25) is 0 Å². The molecule has 2 N–H and O–H groups in total. The number of rotatable bonds is 2. The average Bonchev–Trinajstić information content (AvgIpc) is 2.58. The van der Waals surface area contributed by atoms with Gasteiger partial charge in [-0.2, -0.15) is 0 Å². The second kappa shape index (κ2) is 6.27. The Hall–Kier alpha value is -1.55. The maximum absolute atomic E-state index is 11.6. The maximum atomic E-state index is 11.6. The molecule has 0 saturated carbocycles. The molecule has 1 amide bonds. The minimum atomic E-state index is -0.455. The Labute approximate surface area is 120 Å². The molecule has 0 saturated heterocycles. The molecular formula is C16H24N2O2. The molecule has 20 heavy (non-hydrogen) atoms. The van der Waals surface area contributed by atoms with Crippen LogP contribution in [0.1, 0.15) is 37.5 Å². The first-order chi connectivity index (χ1) is 9.44. The van der Waals surface area contributed by atoms with E-state index < -0.39 is 5.60 Å². The highest BCUT2D eigenvalue weighted by molar-refractivity contribution is 5.67. The number of alkyl carbamates (subject to hydrolysis) is 1. The van der Waals surface area contributed by atoms with Crippen LogP contribution >= 0.6 is 0 Å². The molecular weight excluding hydrogens is 252 g/mol. The molecule has 0 fully saturated rings. The van der Waals surface area contributed by atoms with Gasteiger partial charge in [0.1, 0.15) is 5.60 Å². The summed E-state index contributed by atoms with van der Waals surface area (Å²) in [6, 6.07) is 6.45. The number of fused-ring (bicyclic) bond motifs is 1. The highest BCUT2D eigenvalue weighted by Crippen LogP contribution is 2.15. The van der Waals surface area contributed by atoms with Crippen molar-refractivity contribution in [2.45, 2.75) is 45.8 Å². The second-order valence-electron chi connectivity index (χ2n) is 6.21. The molecule has 0 spiro atoms. The van der Waals surface area contributed by atoms with Crippen LogP contribution in [-0.2, 0) is 24.1 Å². The van der Waals surface area contributed by atoms with Gasteiger partial charge in [-0.25, -0.2) is 4.79 Å². The first-order valence-corrected chi connectivity index (χ1v) is 7.22. The number of nitrogens with one attached hydrogen (secondary N) is 2. The van der Waals surface area contributed by atoms with Crippen LogP contribution in [0.4, 0.5) is 4.79 Å². The van der Waals surface area contributed by atoms with E-state index in [-0.39, 0.29) is 6.09 Å². The Morgan fingerprint density at radius 1 is 1.25 bits per heavy atom. The topological polar surface area (TPSA) is 50.4 Å². The van der Waals surface area contributed by atoms with Crippen molar-refractivity contribution in [3.63, 3.8) is 0 Å². The predicted molar refractivity (Wildman–Crippen MR) is 79.8 cm³/mol. The summed E-state index contributed by atoms with van der Waals surface area (Å²) in [6.45, 7) is 8.17. The van der Waals surface area contributed by atoms with Crippen LogP contribution in [0.25, 0.3) is 0 Å². The number of carbonyl (C=O) groups excluding carboxylic acids is 1. The smallest absolute Gasteiger partial charge is 0.407 e. The van der Waals surface area contributed by atoms with E-state index in [1.807, 2.05) is 20.8 Å². The molecule has 0 aromatic heterocycles. The minimum absolute atomic E-state index is 0.367. The molecule has 1 aliphatic heterocycles. The van der Waals surface area contributed by atoms with Gasteiger partial charge in [-0.1, -0.05) is 18.2 Å². The van der Waals surface area contributed by atoms with Gasteiger partial charge in [0.25, 0.3) is 0 Å². The van der Waals surface area contributed by atoms with E-state index in [0.717, 1.165) is 31.5 Å². The van der Waals surface area contributed by atoms with Gasteiger partial charge in [0, 0.05) is 6.54 Å². The van der Waals surface area contributed by atoms with Crippen LogP contribution in [-0.4, -0.2) is 24.8 Å². The number of benzene rings is 1. The summed E-state index contributed by atoms with van der Waals surface area (Å²) in [5, 5.41) is 6.20. The van der Waals surface area contributed by atoms with Crippen molar-refractivity contribution in [2.75, 3.05) is 13.1 Å². The first kappa shape index (κ1) is 14.9. The number of hydrogen-bond donors (Lipinski definition) is 2. The SMILES string of the molecule is CC(C)(C)OC(=O)NCc1ccc2c(c1)CCNCC2. The Morgan fingerprint density at radius 2 is 1.95 bits per heavy atom. The summed E-state index contributed by atoms with van der Waals surface area (Å²) in [5.41, 5.74) is 3.47. The van der Waals surface area contributed by atoms with E-state index in [1.165, 1.54) is 11.1 Å². The number of ether oxygens (including phenoxy) is 1. The molecule has 0 aliphatic carbocycles. The van der Waals surface area contributed by atoms with Crippen LogP contribution in [0.15, 0.2) is 18.2 Å². The lowest BCUT2D eigenvalue weighted by atomic mass is 10.00. The highest BCUT2D eigenvalue weighted by atomic mass is 16.6. The largest absolute Gasteiger partial charge is 0.444 e. The lowest BCUT2D eigenvalue weighted by molar-refractivity contribution is 0.0523. The number of amides is 1. The van der Waals surface area contributed by atoms with Gasteiger partial charge in [0.2, 0.25) is 0 Å². The van der Waals surface area contributed by atoms with Gasteiger partial charge < -0.3 is 15.4 Å². The van der Waals surface area contributed by atoms with Crippen molar-refractivity contribution >= 4 is 6.09 Å². The Kier molecular flexibility index (Phi) is 4.65. The second-order valence-corrected chi connectivity index (χ2v) is 6.21. The molecule has 0 unspecified atom stereocenters. The molecule has 110 valence electrons.